The van der Waals surface area contributed by atoms with E-state index in [2.05, 4.69) is 66.6 Å². The lowest BCUT2D eigenvalue weighted by molar-refractivity contribution is -0.120. The van der Waals surface area contributed by atoms with Crippen LogP contribution in [0.25, 0.3) is 22.2 Å². The first-order valence-corrected chi connectivity index (χ1v) is 10.3. The van der Waals surface area contributed by atoms with Crippen molar-refractivity contribution < 1.29 is 4.79 Å². The summed E-state index contributed by atoms with van der Waals surface area (Å²) in [4.78, 5) is 22.3. The van der Waals surface area contributed by atoms with Gasteiger partial charge in [0.1, 0.15) is 5.82 Å². The molecule has 1 aliphatic heterocycles. The molecule has 2 aromatic heterocycles. The number of hydrogen-bond acceptors (Lipinski definition) is 3. The van der Waals surface area contributed by atoms with Gasteiger partial charge in [0.05, 0.1) is 16.6 Å². The maximum Gasteiger partial charge on any atom is 0.237 e. The Morgan fingerprint density at radius 1 is 0.967 bits per heavy atom. The van der Waals surface area contributed by atoms with Crippen molar-refractivity contribution in [2.45, 2.75) is 32.1 Å². The van der Waals surface area contributed by atoms with E-state index < -0.39 is 5.41 Å². The Labute approximate surface area is 175 Å². The van der Waals surface area contributed by atoms with Crippen LogP contribution in [0.15, 0.2) is 60.8 Å². The van der Waals surface area contributed by atoms with Crippen molar-refractivity contribution in [1.29, 1.82) is 0 Å². The smallest absolute Gasteiger partial charge is 0.237 e. The molecule has 30 heavy (non-hydrogen) atoms. The lowest BCUT2D eigenvalue weighted by Crippen LogP contribution is -2.35. The molecule has 146 valence electrons. The molecule has 4 heteroatoms. The van der Waals surface area contributed by atoms with Crippen LogP contribution in [0.4, 0.5) is 5.82 Å². The van der Waals surface area contributed by atoms with Gasteiger partial charge < -0.3 is 5.32 Å². The quantitative estimate of drug-likeness (QED) is 0.502. The summed E-state index contributed by atoms with van der Waals surface area (Å²) < 4.78 is 0. The van der Waals surface area contributed by atoms with E-state index in [0.29, 0.717) is 18.7 Å². The molecule has 1 spiro atoms. The molecule has 1 N–H and O–H groups in total. The highest BCUT2D eigenvalue weighted by Gasteiger charge is 2.51. The fourth-order valence-corrected chi connectivity index (χ4v) is 5.06. The van der Waals surface area contributed by atoms with Crippen molar-refractivity contribution >= 4 is 22.6 Å². The molecule has 0 saturated carbocycles. The van der Waals surface area contributed by atoms with Crippen molar-refractivity contribution in [2.75, 3.05) is 5.32 Å². The minimum atomic E-state index is -0.542. The van der Waals surface area contributed by atoms with Crippen LogP contribution in [0.1, 0.15) is 27.8 Å². The van der Waals surface area contributed by atoms with Crippen LogP contribution in [0.3, 0.4) is 0 Å². The maximum absolute atomic E-state index is 13.0. The van der Waals surface area contributed by atoms with Crippen LogP contribution < -0.4 is 5.32 Å². The molecule has 0 bridgehead atoms. The molecule has 2 aliphatic rings. The third kappa shape index (κ3) is 2.37. The Balaban J connectivity index is 1.46. The molecule has 1 unspecified atom stereocenters. The van der Waals surface area contributed by atoms with Crippen molar-refractivity contribution in [3.8, 4) is 11.3 Å². The summed E-state index contributed by atoms with van der Waals surface area (Å²) in [5.41, 5.74) is 8.50. The summed E-state index contributed by atoms with van der Waals surface area (Å²) in [6.45, 7) is 4.23. The van der Waals surface area contributed by atoms with E-state index in [4.69, 9.17) is 4.98 Å². The van der Waals surface area contributed by atoms with E-state index in [0.717, 1.165) is 22.2 Å². The SMILES string of the molecule is Cc1ccc(C)c(-c2ccc3cc4c(cc3n2)CC2(C4)C(=O)Nc3ncccc32)c1. The standard InChI is InChI=1S/C26H21N3O/c1-15-5-6-16(2)20(10-15)22-8-7-17-11-18-13-26(14-19(18)12-23(17)28-22)21-4-3-9-27-24(21)29-25(26)30/h3-12H,13-14H2,1-2H3,(H,27,29,30). The van der Waals surface area contributed by atoms with Gasteiger partial charge in [-0.2, -0.15) is 0 Å². The number of amides is 1. The zero-order valence-corrected chi connectivity index (χ0v) is 17.0. The number of benzene rings is 2. The van der Waals surface area contributed by atoms with E-state index >= 15 is 0 Å². The Bertz CT molecular complexity index is 1370. The van der Waals surface area contributed by atoms with Gasteiger partial charge in [-0.15, -0.1) is 0 Å². The molecule has 2 aromatic carbocycles. The molecule has 0 fully saturated rings. The molecule has 6 rings (SSSR count). The van der Waals surface area contributed by atoms with Crippen molar-refractivity contribution in [3.05, 3.63) is 88.6 Å². The number of aryl methyl sites for hydroxylation is 2. The summed E-state index contributed by atoms with van der Waals surface area (Å²) in [6, 6.07) is 19.0. The lowest BCUT2D eigenvalue weighted by atomic mass is 9.79. The van der Waals surface area contributed by atoms with Crippen LogP contribution in [-0.2, 0) is 23.1 Å². The van der Waals surface area contributed by atoms with Crippen molar-refractivity contribution in [3.63, 3.8) is 0 Å². The number of hydrogen-bond donors (Lipinski definition) is 1. The first-order valence-electron chi connectivity index (χ1n) is 10.3. The van der Waals surface area contributed by atoms with Crippen LogP contribution in [-0.4, -0.2) is 15.9 Å². The summed E-state index contributed by atoms with van der Waals surface area (Å²) >= 11 is 0. The molecule has 1 aliphatic carbocycles. The first kappa shape index (κ1) is 17.3. The second-order valence-corrected chi connectivity index (χ2v) is 8.62. The largest absolute Gasteiger partial charge is 0.310 e. The molecule has 1 atom stereocenters. The number of rotatable bonds is 1. The molecular formula is C26H21N3O. The summed E-state index contributed by atoms with van der Waals surface area (Å²) in [5, 5.41) is 4.10. The van der Waals surface area contributed by atoms with Gasteiger partial charge >= 0.3 is 0 Å². The molecule has 4 aromatic rings. The van der Waals surface area contributed by atoms with Crippen LogP contribution in [0, 0.1) is 13.8 Å². The molecule has 1 amide bonds. The molecule has 3 heterocycles. The zero-order chi connectivity index (χ0) is 20.5. The average molecular weight is 391 g/mol. The van der Waals surface area contributed by atoms with E-state index in [1.807, 2.05) is 12.1 Å². The molecule has 0 saturated heterocycles. The third-order valence-electron chi connectivity index (χ3n) is 6.65. The second-order valence-electron chi connectivity index (χ2n) is 8.62. The number of nitrogens with one attached hydrogen (secondary N) is 1. The zero-order valence-electron chi connectivity index (χ0n) is 17.0. The molecule has 4 nitrogen and oxygen atoms in total. The van der Waals surface area contributed by atoms with E-state index in [-0.39, 0.29) is 5.91 Å². The van der Waals surface area contributed by atoms with Gasteiger partial charge in [0, 0.05) is 22.7 Å². The number of aromatic nitrogens is 2. The maximum atomic E-state index is 13.0. The number of carbonyl (C=O) groups is 1. The monoisotopic (exact) mass is 391 g/mol. The first-order chi connectivity index (χ1) is 14.5. The second kappa shape index (κ2) is 5.99. The Kier molecular flexibility index (Phi) is 3.46. The lowest BCUT2D eigenvalue weighted by Gasteiger charge is -2.20. The highest BCUT2D eigenvalue weighted by molar-refractivity contribution is 6.06. The highest BCUT2D eigenvalue weighted by Crippen LogP contribution is 2.47. The average Bonchev–Trinajstić information content (AvgIpc) is 3.25. The van der Waals surface area contributed by atoms with E-state index in [1.54, 1.807) is 6.20 Å². The van der Waals surface area contributed by atoms with Gasteiger partial charge in [-0.3, -0.25) is 4.79 Å². The minimum Gasteiger partial charge on any atom is -0.310 e. The number of carbonyl (C=O) groups excluding carboxylic acids is 1. The highest BCUT2D eigenvalue weighted by atomic mass is 16.2. The number of nitrogens with zero attached hydrogens (tertiary/aromatic N) is 2. The van der Waals surface area contributed by atoms with Crippen LogP contribution in [0.2, 0.25) is 0 Å². The third-order valence-corrected chi connectivity index (χ3v) is 6.65. The van der Waals surface area contributed by atoms with Gasteiger partial charge in [-0.25, -0.2) is 9.97 Å². The van der Waals surface area contributed by atoms with E-state index in [1.165, 1.54) is 27.8 Å². The normalized spacial score (nSPS) is 19.2. The Hall–Kier alpha value is -3.53. The number of fused-ring (bicyclic) bond motifs is 4. The van der Waals surface area contributed by atoms with Gasteiger partial charge in [-0.05, 0) is 73.7 Å². The number of pyridine rings is 2. The van der Waals surface area contributed by atoms with Gasteiger partial charge in [-0.1, -0.05) is 29.8 Å². The van der Waals surface area contributed by atoms with Gasteiger partial charge in [0.25, 0.3) is 0 Å². The van der Waals surface area contributed by atoms with Gasteiger partial charge in [0.15, 0.2) is 0 Å². The molecular weight excluding hydrogens is 370 g/mol. The summed E-state index contributed by atoms with van der Waals surface area (Å²) in [7, 11) is 0. The van der Waals surface area contributed by atoms with Crippen LogP contribution in [0.5, 0.6) is 0 Å². The van der Waals surface area contributed by atoms with Crippen molar-refractivity contribution in [1.82, 2.24) is 9.97 Å². The van der Waals surface area contributed by atoms with Gasteiger partial charge in [0.2, 0.25) is 5.91 Å². The summed E-state index contributed by atoms with van der Waals surface area (Å²) in [6.07, 6.45) is 3.13. The topological polar surface area (TPSA) is 54.9 Å². The Morgan fingerprint density at radius 2 is 1.80 bits per heavy atom. The Morgan fingerprint density at radius 3 is 2.67 bits per heavy atom. The fourth-order valence-electron chi connectivity index (χ4n) is 5.06. The van der Waals surface area contributed by atoms with E-state index in [9.17, 15) is 4.79 Å². The fraction of sp³-hybridized carbons (Fsp3) is 0.192. The van der Waals surface area contributed by atoms with Crippen molar-refractivity contribution in [2.24, 2.45) is 0 Å². The predicted octanol–water partition coefficient (Wildman–Crippen LogP) is 4.90. The van der Waals surface area contributed by atoms with Crippen LogP contribution >= 0.6 is 0 Å². The minimum absolute atomic E-state index is 0.0560. The molecule has 0 radical (unpaired) electrons. The predicted molar refractivity (Wildman–Crippen MR) is 119 cm³/mol. The number of anilines is 1. The summed E-state index contributed by atoms with van der Waals surface area (Å²) in [5.74, 6) is 0.760.